The first kappa shape index (κ1) is 18.6. The molecular weight excluding hydrogens is 370 g/mol. The van der Waals surface area contributed by atoms with Crippen molar-refractivity contribution < 1.29 is 28.5 Å². The first-order chi connectivity index (χ1) is 13.1. The number of amides is 1. The molecule has 28 heavy (non-hydrogen) atoms. The lowest BCUT2D eigenvalue weighted by Crippen LogP contribution is -2.31. The van der Waals surface area contributed by atoms with Gasteiger partial charge < -0.3 is 19.8 Å². The van der Waals surface area contributed by atoms with Crippen LogP contribution in [0.15, 0.2) is 30.3 Å². The molecule has 1 aromatic carbocycles. The van der Waals surface area contributed by atoms with E-state index < -0.39 is 23.3 Å². The van der Waals surface area contributed by atoms with Crippen molar-refractivity contribution >= 4 is 6.09 Å². The zero-order valence-electron chi connectivity index (χ0n) is 15.4. The summed E-state index contributed by atoms with van der Waals surface area (Å²) in [7, 11) is 0. The molecule has 1 aliphatic carbocycles. The van der Waals surface area contributed by atoms with Gasteiger partial charge in [0.25, 0.3) is 0 Å². The number of carboxylic acid groups (broad SMARTS) is 1. The highest BCUT2D eigenvalue weighted by atomic mass is 19.1. The summed E-state index contributed by atoms with van der Waals surface area (Å²) in [6.07, 6.45) is -1.14. The normalized spacial score (nSPS) is 23.5. The molecule has 8 heteroatoms. The minimum atomic E-state index is -1.47. The van der Waals surface area contributed by atoms with Crippen molar-refractivity contribution in [2.24, 2.45) is 11.8 Å². The number of likely N-dealkylation sites (tertiary alicyclic amines) is 1. The van der Waals surface area contributed by atoms with E-state index in [0.29, 0.717) is 18.7 Å². The van der Waals surface area contributed by atoms with E-state index in [9.17, 15) is 14.3 Å². The van der Waals surface area contributed by atoms with Crippen LogP contribution in [0.25, 0.3) is 11.3 Å². The maximum absolute atomic E-state index is 15.0. The summed E-state index contributed by atoms with van der Waals surface area (Å²) in [5.41, 5.74) is -1.12. The second-order valence-corrected chi connectivity index (χ2v) is 7.83. The van der Waals surface area contributed by atoms with Crippen molar-refractivity contribution in [3.8, 4) is 17.1 Å². The van der Waals surface area contributed by atoms with Crippen LogP contribution in [0.1, 0.15) is 19.4 Å². The largest absolute Gasteiger partial charge is 0.474 e. The molecule has 2 aliphatic rings. The lowest BCUT2D eigenvalue weighted by Gasteiger charge is -2.22. The fourth-order valence-electron chi connectivity index (χ4n) is 3.75. The molecule has 2 aromatic rings. The monoisotopic (exact) mass is 390 g/mol. The van der Waals surface area contributed by atoms with Crippen molar-refractivity contribution in [2.75, 3.05) is 13.1 Å². The van der Waals surface area contributed by atoms with Gasteiger partial charge in [-0.05, 0) is 38.1 Å². The number of fused-ring (bicyclic) bond motifs is 1. The summed E-state index contributed by atoms with van der Waals surface area (Å²) >= 11 is 0. The topological polar surface area (TPSA) is 82.9 Å². The third-order valence-electron chi connectivity index (χ3n) is 5.35. The molecule has 1 aliphatic heterocycles. The van der Waals surface area contributed by atoms with Gasteiger partial charge in [-0.2, -0.15) is 0 Å². The Morgan fingerprint density at radius 2 is 1.82 bits per heavy atom. The zero-order chi connectivity index (χ0) is 20.2. The number of nitrogens with zero attached hydrogens (tertiary/aromatic N) is 2. The van der Waals surface area contributed by atoms with Gasteiger partial charge in [-0.25, -0.2) is 18.6 Å². The van der Waals surface area contributed by atoms with Crippen molar-refractivity contribution in [1.82, 2.24) is 9.88 Å². The Morgan fingerprint density at radius 1 is 1.21 bits per heavy atom. The van der Waals surface area contributed by atoms with Gasteiger partial charge in [0.15, 0.2) is 5.82 Å². The van der Waals surface area contributed by atoms with Gasteiger partial charge in [0.1, 0.15) is 17.6 Å². The fraction of sp³-hybridized carbons (Fsp3) is 0.400. The minimum Gasteiger partial charge on any atom is -0.474 e. The lowest BCUT2D eigenvalue weighted by molar-refractivity contribution is 0.0737. The van der Waals surface area contributed by atoms with Crippen LogP contribution in [-0.2, 0) is 5.60 Å². The molecule has 1 saturated heterocycles. The third kappa shape index (κ3) is 3.28. The minimum absolute atomic E-state index is 0.0230. The van der Waals surface area contributed by atoms with Gasteiger partial charge in [0, 0.05) is 42.1 Å². The third-order valence-corrected chi connectivity index (χ3v) is 5.35. The number of benzene rings is 1. The molecule has 6 nitrogen and oxygen atoms in total. The van der Waals surface area contributed by atoms with E-state index in [1.54, 1.807) is 0 Å². The Balaban J connectivity index is 1.64. The van der Waals surface area contributed by atoms with Crippen LogP contribution in [0.5, 0.6) is 5.88 Å². The summed E-state index contributed by atoms with van der Waals surface area (Å²) in [5, 5.41) is 19.4. The summed E-state index contributed by atoms with van der Waals surface area (Å²) in [4.78, 5) is 16.6. The number of hydrogen-bond acceptors (Lipinski definition) is 4. The number of hydrogen-bond donors (Lipinski definition) is 2. The molecule has 0 spiro atoms. The van der Waals surface area contributed by atoms with Gasteiger partial charge in [0.2, 0.25) is 5.88 Å². The standard InChI is InChI=1S/C20H20F2N2O4/c1-20(2,27)14-7-15(28-18-12-8-24(19(25)26)9-13(12)18)23-17(16(14)22)10-3-5-11(21)6-4-10/h3-7,12-13,18,27H,8-9H2,1-2H3,(H,25,26)/t12-,13?,18?/m1/s1. The van der Waals surface area contributed by atoms with E-state index in [2.05, 4.69) is 4.98 Å². The lowest BCUT2D eigenvalue weighted by atomic mass is 9.96. The number of ether oxygens (including phenoxy) is 1. The number of carbonyl (C=O) groups is 1. The van der Waals surface area contributed by atoms with E-state index in [1.165, 1.54) is 49.1 Å². The molecule has 0 radical (unpaired) electrons. The molecule has 4 rings (SSSR count). The SMILES string of the molecule is CC(C)(O)c1cc(OC2C3CN(C(=O)O)C[C@H]32)nc(-c2ccc(F)cc2)c1F. The Morgan fingerprint density at radius 3 is 2.36 bits per heavy atom. The molecule has 2 heterocycles. The molecule has 3 atom stereocenters. The molecule has 1 aromatic heterocycles. The van der Waals surface area contributed by atoms with E-state index in [1.807, 2.05) is 0 Å². The van der Waals surface area contributed by atoms with Crippen molar-refractivity contribution in [3.63, 3.8) is 0 Å². The number of rotatable bonds is 4. The van der Waals surface area contributed by atoms with Gasteiger partial charge in [-0.3, -0.25) is 0 Å². The molecule has 1 saturated carbocycles. The number of aliphatic hydroxyl groups is 1. The van der Waals surface area contributed by atoms with E-state index in [-0.39, 0.29) is 35.1 Å². The van der Waals surface area contributed by atoms with E-state index in [4.69, 9.17) is 9.84 Å². The average Bonchev–Trinajstić information content (AvgIpc) is 3.05. The predicted octanol–water partition coefficient (Wildman–Crippen LogP) is 3.24. The fourth-order valence-corrected chi connectivity index (χ4v) is 3.75. The first-order valence-electron chi connectivity index (χ1n) is 8.99. The quantitative estimate of drug-likeness (QED) is 0.838. The molecule has 2 N–H and O–H groups in total. The Kier molecular flexibility index (Phi) is 4.26. The van der Waals surface area contributed by atoms with Crippen LogP contribution in [0, 0.1) is 23.5 Å². The summed E-state index contributed by atoms with van der Waals surface area (Å²) < 4.78 is 34.2. The Hall–Kier alpha value is -2.74. The highest BCUT2D eigenvalue weighted by molar-refractivity contribution is 5.66. The van der Waals surface area contributed by atoms with E-state index >= 15 is 4.39 Å². The van der Waals surface area contributed by atoms with Crippen LogP contribution in [0.3, 0.4) is 0 Å². The van der Waals surface area contributed by atoms with Crippen LogP contribution in [0.4, 0.5) is 13.6 Å². The van der Waals surface area contributed by atoms with Crippen molar-refractivity contribution in [1.29, 1.82) is 0 Å². The maximum Gasteiger partial charge on any atom is 0.407 e. The number of halogens is 2. The molecule has 148 valence electrons. The molecule has 0 bridgehead atoms. The summed E-state index contributed by atoms with van der Waals surface area (Å²) in [6, 6.07) is 6.61. The highest BCUT2D eigenvalue weighted by Crippen LogP contribution is 2.48. The molecule has 2 fully saturated rings. The average molecular weight is 390 g/mol. The molecule has 2 unspecified atom stereocenters. The van der Waals surface area contributed by atoms with Crippen LogP contribution >= 0.6 is 0 Å². The summed E-state index contributed by atoms with van der Waals surface area (Å²) in [6.45, 7) is 3.71. The number of piperidine rings is 1. The Bertz CT molecular complexity index is 915. The van der Waals surface area contributed by atoms with Crippen LogP contribution in [0.2, 0.25) is 0 Å². The molecule has 1 amide bonds. The molecular formula is C20H20F2N2O4. The number of pyridine rings is 1. The van der Waals surface area contributed by atoms with Crippen LogP contribution in [-0.4, -0.2) is 45.4 Å². The highest BCUT2D eigenvalue weighted by Gasteiger charge is 2.59. The van der Waals surface area contributed by atoms with Gasteiger partial charge >= 0.3 is 6.09 Å². The van der Waals surface area contributed by atoms with E-state index in [0.717, 1.165) is 0 Å². The maximum atomic E-state index is 15.0. The second-order valence-electron chi connectivity index (χ2n) is 7.83. The second kappa shape index (κ2) is 6.41. The van der Waals surface area contributed by atoms with Gasteiger partial charge in [-0.15, -0.1) is 0 Å². The van der Waals surface area contributed by atoms with Crippen molar-refractivity contribution in [3.05, 3.63) is 47.5 Å². The number of aromatic nitrogens is 1. The zero-order valence-corrected chi connectivity index (χ0v) is 15.4. The summed E-state index contributed by atoms with van der Waals surface area (Å²) in [5.74, 6) is -0.822. The predicted molar refractivity (Wildman–Crippen MR) is 95.8 cm³/mol. The smallest absolute Gasteiger partial charge is 0.407 e. The Labute approximate surface area is 160 Å². The van der Waals surface area contributed by atoms with Crippen LogP contribution < -0.4 is 4.74 Å². The van der Waals surface area contributed by atoms with Crippen molar-refractivity contribution in [2.45, 2.75) is 25.6 Å². The first-order valence-corrected chi connectivity index (χ1v) is 8.99. The van der Waals surface area contributed by atoms with Gasteiger partial charge in [0.05, 0.1) is 5.60 Å². The van der Waals surface area contributed by atoms with Gasteiger partial charge in [-0.1, -0.05) is 0 Å².